The molecule has 3 aliphatic rings. The minimum atomic E-state index is 0.116. The van der Waals surface area contributed by atoms with E-state index in [4.69, 9.17) is 9.47 Å². The standard InChI is InChI=1S/C25H33NO3/c1-17-6-4-5-7-19(17)16-26-10-8-18(9-11-26)12-21-13-20-14-23(28-2)24(29-3)15-22(20)25(21)27/h4-7,14-15,17-19,21H,8-13,16H2,1-3H3. The molecule has 0 radical (unpaired) electrons. The van der Waals surface area contributed by atoms with Crippen molar-refractivity contribution in [3.8, 4) is 11.5 Å². The Balaban J connectivity index is 1.31. The van der Waals surface area contributed by atoms with Crippen LogP contribution in [0.15, 0.2) is 36.4 Å². The molecule has 4 rings (SSSR count). The summed E-state index contributed by atoms with van der Waals surface area (Å²) in [4.78, 5) is 15.6. The zero-order chi connectivity index (χ0) is 20.4. The third-order valence-corrected chi connectivity index (χ3v) is 7.07. The number of rotatable bonds is 6. The third kappa shape index (κ3) is 4.28. The molecule has 0 N–H and O–H groups in total. The van der Waals surface area contributed by atoms with Gasteiger partial charge in [0.25, 0.3) is 0 Å². The van der Waals surface area contributed by atoms with Crippen LogP contribution in [0, 0.1) is 23.7 Å². The molecule has 156 valence electrons. The Labute approximate surface area is 174 Å². The third-order valence-electron chi connectivity index (χ3n) is 7.07. The Bertz CT molecular complexity index is 805. The number of likely N-dealkylation sites (tertiary alicyclic amines) is 1. The van der Waals surface area contributed by atoms with Crippen molar-refractivity contribution in [3.05, 3.63) is 47.6 Å². The monoisotopic (exact) mass is 395 g/mol. The van der Waals surface area contributed by atoms with Crippen LogP contribution < -0.4 is 9.47 Å². The van der Waals surface area contributed by atoms with E-state index in [-0.39, 0.29) is 11.7 Å². The van der Waals surface area contributed by atoms with Gasteiger partial charge in [-0.25, -0.2) is 0 Å². The number of hydrogen-bond acceptors (Lipinski definition) is 4. The van der Waals surface area contributed by atoms with Crippen LogP contribution in [-0.4, -0.2) is 44.5 Å². The lowest BCUT2D eigenvalue weighted by atomic mass is 9.84. The normalized spacial score (nSPS) is 27.3. The van der Waals surface area contributed by atoms with E-state index in [9.17, 15) is 4.79 Å². The molecule has 1 aromatic carbocycles. The first-order valence-electron chi connectivity index (χ1n) is 11.0. The van der Waals surface area contributed by atoms with Crippen molar-refractivity contribution < 1.29 is 14.3 Å². The minimum absolute atomic E-state index is 0.116. The number of benzene rings is 1. The van der Waals surface area contributed by atoms with Gasteiger partial charge in [-0.3, -0.25) is 4.79 Å². The molecule has 0 bridgehead atoms. The number of ether oxygens (including phenoxy) is 2. The number of Topliss-reactive ketones (excluding diaryl/α,β-unsaturated/α-hetero) is 1. The van der Waals surface area contributed by atoms with E-state index in [1.807, 2.05) is 12.1 Å². The zero-order valence-corrected chi connectivity index (χ0v) is 17.9. The molecule has 1 aliphatic heterocycles. The fourth-order valence-corrected chi connectivity index (χ4v) is 5.18. The predicted molar refractivity (Wildman–Crippen MR) is 116 cm³/mol. The number of piperidine rings is 1. The Kier molecular flexibility index (Phi) is 6.09. The van der Waals surface area contributed by atoms with Gasteiger partial charge >= 0.3 is 0 Å². The van der Waals surface area contributed by atoms with E-state index < -0.39 is 0 Å². The highest BCUT2D eigenvalue weighted by Crippen LogP contribution is 2.39. The molecule has 4 heteroatoms. The van der Waals surface area contributed by atoms with Crippen molar-refractivity contribution in [3.63, 3.8) is 0 Å². The highest BCUT2D eigenvalue weighted by Gasteiger charge is 2.34. The lowest BCUT2D eigenvalue weighted by Crippen LogP contribution is -2.38. The van der Waals surface area contributed by atoms with Gasteiger partial charge in [-0.2, -0.15) is 0 Å². The van der Waals surface area contributed by atoms with Gasteiger partial charge in [-0.05, 0) is 74.2 Å². The van der Waals surface area contributed by atoms with Gasteiger partial charge < -0.3 is 14.4 Å². The highest BCUT2D eigenvalue weighted by atomic mass is 16.5. The van der Waals surface area contributed by atoms with Crippen molar-refractivity contribution in [2.75, 3.05) is 33.9 Å². The summed E-state index contributed by atoms with van der Waals surface area (Å²) in [6.45, 7) is 5.77. The van der Waals surface area contributed by atoms with Crippen molar-refractivity contribution in [2.24, 2.45) is 23.7 Å². The molecule has 0 aromatic heterocycles. The molecule has 3 atom stereocenters. The van der Waals surface area contributed by atoms with Crippen molar-refractivity contribution in [1.29, 1.82) is 0 Å². The van der Waals surface area contributed by atoms with Gasteiger partial charge in [0.1, 0.15) is 0 Å². The number of fused-ring (bicyclic) bond motifs is 1. The lowest BCUT2D eigenvalue weighted by Gasteiger charge is -2.35. The molecular formula is C25H33NO3. The molecule has 2 aliphatic carbocycles. The van der Waals surface area contributed by atoms with Crippen LogP contribution in [0.3, 0.4) is 0 Å². The van der Waals surface area contributed by atoms with Crippen LogP contribution in [0.5, 0.6) is 11.5 Å². The average Bonchev–Trinajstić information content (AvgIpc) is 3.04. The summed E-state index contributed by atoms with van der Waals surface area (Å²) >= 11 is 0. The van der Waals surface area contributed by atoms with Crippen LogP contribution in [0.25, 0.3) is 0 Å². The van der Waals surface area contributed by atoms with Crippen LogP contribution >= 0.6 is 0 Å². The van der Waals surface area contributed by atoms with E-state index >= 15 is 0 Å². The summed E-state index contributed by atoms with van der Waals surface area (Å²) in [5.74, 6) is 3.68. The lowest BCUT2D eigenvalue weighted by molar-refractivity contribution is 0.0892. The average molecular weight is 396 g/mol. The fraction of sp³-hybridized carbons (Fsp3) is 0.560. The Morgan fingerprint density at radius 3 is 2.41 bits per heavy atom. The van der Waals surface area contributed by atoms with E-state index in [2.05, 4.69) is 36.1 Å². The molecule has 4 nitrogen and oxygen atoms in total. The number of carbonyl (C=O) groups excluding carboxylic acids is 1. The van der Waals surface area contributed by atoms with Crippen molar-refractivity contribution >= 4 is 5.78 Å². The van der Waals surface area contributed by atoms with Gasteiger partial charge in [0.2, 0.25) is 0 Å². The Hall–Kier alpha value is -2.07. The van der Waals surface area contributed by atoms with Crippen LogP contribution in [0.4, 0.5) is 0 Å². The smallest absolute Gasteiger partial charge is 0.166 e. The molecule has 1 aromatic rings. The molecular weight excluding hydrogens is 362 g/mol. The Morgan fingerprint density at radius 2 is 1.72 bits per heavy atom. The summed E-state index contributed by atoms with van der Waals surface area (Å²) in [7, 11) is 3.27. The summed E-state index contributed by atoms with van der Waals surface area (Å²) in [5.41, 5.74) is 1.94. The molecule has 1 saturated heterocycles. The second kappa shape index (κ2) is 8.74. The molecule has 3 unspecified atom stereocenters. The van der Waals surface area contributed by atoms with E-state index in [1.165, 1.54) is 12.8 Å². The van der Waals surface area contributed by atoms with Gasteiger partial charge in [-0.1, -0.05) is 31.2 Å². The first-order valence-corrected chi connectivity index (χ1v) is 11.0. The van der Waals surface area contributed by atoms with E-state index in [0.29, 0.717) is 29.3 Å². The predicted octanol–water partition coefficient (Wildman–Crippen LogP) is 4.54. The zero-order valence-electron chi connectivity index (χ0n) is 17.9. The second-order valence-electron chi connectivity index (χ2n) is 8.90. The van der Waals surface area contributed by atoms with Crippen molar-refractivity contribution in [1.82, 2.24) is 4.90 Å². The quantitative estimate of drug-likeness (QED) is 0.709. The SMILES string of the molecule is COc1cc2c(cc1OC)C(=O)C(CC1CCN(CC3C=CC=CC3C)CC1)C2. The molecule has 0 amide bonds. The molecule has 1 fully saturated rings. The molecule has 0 spiro atoms. The summed E-state index contributed by atoms with van der Waals surface area (Å²) < 4.78 is 10.8. The summed E-state index contributed by atoms with van der Waals surface area (Å²) in [6.07, 6.45) is 13.3. The fourth-order valence-electron chi connectivity index (χ4n) is 5.18. The number of carbonyl (C=O) groups is 1. The maximum absolute atomic E-state index is 13.0. The topological polar surface area (TPSA) is 38.8 Å². The van der Waals surface area contributed by atoms with E-state index in [0.717, 1.165) is 43.6 Å². The first kappa shape index (κ1) is 20.2. The number of nitrogens with zero attached hydrogens (tertiary/aromatic N) is 1. The maximum Gasteiger partial charge on any atom is 0.166 e. The summed E-state index contributed by atoms with van der Waals surface area (Å²) in [5, 5.41) is 0. The summed E-state index contributed by atoms with van der Waals surface area (Å²) in [6, 6.07) is 3.86. The molecule has 29 heavy (non-hydrogen) atoms. The number of ketones is 1. The maximum atomic E-state index is 13.0. The largest absolute Gasteiger partial charge is 0.493 e. The highest BCUT2D eigenvalue weighted by molar-refractivity contribution is 6.02. The number of allylic oxidation sites excluding steroid dienone is 3. The minimum Gasteiger partial charge on any atom is -0.493 e. The Morgan fingerprint density at radius 1 is 1.03 bits per heavy atom. The van der Waals surface area contributed by atoms with Crippen LogP contribution in [-0.2, 0) is 6.42 Å². The van der Waals surface area contributed by atoms with Gasteiger partial charge in [-0.15, -0.1) is 0 Å². The van der Waals surface area contributed by atoms with Crippen LogP contribution in [0.1, 0.15) is 42.1 Å². The first-order chi connectivity index (χ1) is 14.1. The van der Waals surface area contributed by atoms with Crippen LogP contribution in [0.2, 0.25) is 0 Å². The van der Waals surface area contributed by atoms with E-state index in [1.54, 1.807) is 14.2 Å². The number of hydrogen-bond donors (Lipinski definition) is 0. The van der Waals surface area contributed by atoms with Crippen molar-refractivity contribution in [2.45, 2.75) is 32.6 Å². The number of methoxy groups -OCH3 is 2. The van der Waals surface area contributed by atoms with Gasteiger partial charge in [0, 0.05) is 18.0 Å². The molecule has 1 heterocycles. The van der Waals surface area contributed by atoms with Gasteiger partial charge in [0.05, 0.1) is 14.2 Å². The second-order valence-corrected chi connectivity index (χ2v) is 8.90. The molecule has 0 saturated carbocycles. The van der Waals surface area contributed by atoms with Gasteiger partial charge in [0.15, 0.2) is 17.3 Å².